The van der Waals surface area contributed by atoms with E-state index < -0.39 is 11.2 Å². The summed E-state index contributed by atoms with van der Waals surface area (Å²) in [6.07, 6.45) is 1.39. The molecule has 3 aromatic carbocycles. The third kappa shape index (κ3) is 4.90. The fraction of sp³-hybridized carbons (Fsp3) is 0.0870. The molecule has 168 valence electrons. The van der Waals surface area contributed by atoms with E-state index in [2.05, 4.69) is 41.9 Å². The van der Waals surface area contributed by atoms with Crippen molar-refractivity contribution < 1.29 is 9.47 Å². The van der Waals surface area contributed by atoms with Crippen LogP contribution < -0.4 is 20.7 Å². The van der Waals surface area contributed by atoms with Crippen molar-refractivity contribution in [1.29, 1.82) is 0 Å². The zero-order chi connectivity index (χ0) is 23.5. The minimum absolute atomic E-state index is 0.299. The maximum absolute atomic E-state index is 12.7. The number of aromatic nitrogens is 2. The molecule has 0 atom stereocenters. The summed E-state index contributed by atoms with van der Waals surface area (Å²) in [6, 6.07) is 15.8. The van der Waals surface area contributed by atoms with Gasteiger partial charge in [-0.05, 0) is 67.8 Å². The first-order valence-corrected chi connectivity index (χ1v) is 11.6. The minimum atomic E-state index is -0.639. The minimum Gasteiger partial charge on any atom is -0.493 e. The number of para-hydroxylation sites is 1. The summed E-state index contributed by atoms with van der Waals surface area (Å²) in [5, 5.41) is 5.12. The summed E-state index contributed by atoms with van der Waals surface area (Å²) < 4.78 is 13.4. The smallest absolute Gasteiger partial charge is 0.349 e. The standard InChI is InChI=1S/C23H16Br2ClN3O4/c1-32-18-10-14(11-27-29-22(30)16-4-2-3-5-17(16)28-23(29)31)19(24)20(25)21(18)33-12-13-6-8-15(26)9-7-13/h2-11H,12H2,1H3,(H,28,31). The van der Waals surface area contributed by atoms with Crippen LogP contribution in [-0.4, -0.2) is 23.0 Å². The number of fused-ring (bicyclic) bond motifs is 1. The SMILES string of the molecule is COc1cc(C=Nn2c(=O)[nH]c3ccccc3c2=O)c(Br)c(Br)c1OCc1ccc(Cl)cc1. The van der Waals surface area contributed by atoms with Crippen molar-refractivity contribution in [3.63, 3.8) is 0 Å². The normalized spacial score (nSPS) is 11.3. The Morgan fingerprint density at radius 2 is 1.82 bits per heavy atom. The molecule has 1 aromatic heterocycles. The van der Waals surface area contributed by atoms with E-state index in [9.17, 15) is 9.59 Å². The van der Waals surface area contributed by atoms with Crippen LogP contribution in [0.3, 0.4) is 0 Å². The van der Waals surface area contributed by atoms with Crippen LogP contribution in [0, 0.1) is 0 Å². The van der Waals surface area contributed by atoms with Crippen molar-refractivity contribution in [1.82, 2.24) is 9.66 Å². The van der Waals surface area contributed by atoms with Crippen molar-refractivity contribution in [2.24, 2.45) is 5.10 Å². The van der Waals surface area contributed by atoms with Gasteiger partial charge < -0.3 is 14.5 Å². The predicted molar refractivity (Wildman–Crippen MR) is 136 cm³/mol. The van der Waals surface area contributed by atoms with E-state index in [1.807, 2.05) is 12.1 Å². The molecule has 0 radical (unpaired) electrons. The first kappa shape index (κ1) is 23.3. The van der Waals surface area contributed by atoms with E-state index in [1.54, 1.807) is 42.5 Å². The summed E-state index contributed by atoms with van der Waals surface area (Å²) >= 11 is 13.0. The van der Waals surface area contributed by atoms with Gasteiger partial charge in [0.1, 0.15) is 6.61 Å². The highest BCUT2D eigenvalue weighted by molar-refractivity contribution is 9.13. The molecule has 0 spiro atoms. The molecule has 33 heavy (non-hydrogen) atoms. The second kappa shape index (κ2) is 9.94. The van der Waals surface area contributed by atoms with Crippen molar-refractivity contribution in [2.45, 2.75) is 6.61 Å². The number of nitrogens with one attached hydrogen (secondary N) is 1. The zero-order valence-electron chi connectivity index (χ0n) is 17.1. The number of benzene rings is 3. The summed E-state index contributed by atoms with van der Waals surface area (Å²) in [4.78, 5) is 27.7. The monoisotopic (exact) mass is 591 g/mol. The Labute approximate surface area is 209 Å². The van der Waals surface area contributed by atoms with Gasteiger partial charge in [-0.3, -0.25) is 4.79 Å². The molecule has 0 saturated carbocycles. The van der Waals surface area contributed by atoms with Gasteiger partial charge in [-0.2, -0.15) is 5.10 Å². The van der Waals surface area contributed by atoms with Crippen molar-refractivity contribution >= 4 is 60.6 Å². The lowest BCUT2D eigenvalue weighted by atomic mass is 10.2. The lowest BCUT2D eigenvalue weighted by Gasteiger charge is -2.15. The zero-order valence-corrected chi connectivity index (χ0v) is 21.1. The number of nitrogens with zero attached hydrogens (tertiary/aromatic N) is 2. The molecule has 0 bridgehead atoms. The molecule has 4 rings (SSSR count). The maximum atomic E-state index is 12.7. The number of aromatic amines is 1. The van der Waals surface area contributed by atoms with Crippen LogP contribution in [0.25, 0.3) is 10.9 Å². The van der Waals surface area contributed by atoms with Gasteiger partial charge in [0.25, 0.3) is 5.56 Å². The van der Waals surface area contributed by atoms with E-state index in [0.717, 1.165) is 10.2 Å². The molecule has 0 fully saturated rings. The van der Waals surface area contributed by atoms with Gasteiger partial charge in [0.2, 0.25) is 0 Å². The molecule has 10 heteroatoms. The first-order valence-electron chi connectivity index (χ1n) is 9.60. The Kier molecular flexibility index (Phi) is 7.02. The van der Waals surface area contributed by atoms with Crippen molar-refractivity contribution in [2.75, 3.05) is 7.11 Å². The fourth-order valence-electron chi connectivity index (χ4n) is 3.10. The fourth-order valence-corrected chi connectivity index (χ4v) is 4.16. The van der Waals surface area contributed by atoms with E-state index in [4.69, 9.17) is 21.1 Å². The largest absolute Gasteiger partial charge is 0.493 e. The number of H-pyrrole nitrogens is 1. The third-order valence-corrected chi connectivity index (χ3v) is 7.16. The van der Waals surface area contributed by atoms with Crippen LogP contribution in [0.4, 0.5) is 0 Å². The molecule has 4 aromatic rings. The molecule has 0 saturated heterocycles. The highest BCUT2D eigenvalue weighted by atomic mass is 79.9. The lowest BCUT2D eigenvalue weighted by Crippen LogP contribution is -2.32. The molecule has 1 N–H and O–H groups in total. The van der Waals surface area contributed by atoms with Gasteiger partial charge in [0.15, 0.2) is 11.5 Å². The van der Waals surface area contributed by atoms with Crippen LogP contribution in [0.1, 0.15) is 11.1 Å². The van der Waals surface area contributed by atoms with Gasteiger partial charge in [-0.1, -0.05) is 35.9 Å². The Morgan fingerprint density at radius 1 is 1.09 bits per heavy atom. The second-order valence-electron chi connectivity index (χ2n) is 6.88. The highest BCUT2D eigenvalue weighted by Gasteiger charge is 2.17. The molecule has 0 unspecified atom stereocenters. The highest BCUT2D eigenvalue weighted by Crippen LogP contribution is 2.42. The number of hydrogen-bond acceptors (Lipinski definition) is 5. The van der Waals surface area contributed by atoms with Crippen LogP contribution in [0.5, 0.6) is 11.5 Å². The maximum Gasteiger partial charge on any atom is 0.349 e. The van der Waals surface area contributed by atoms with Gasteiger partial charge in [-0.15, -0.1) is 4.68 Å². The summed E-state index contributed by atoms with van der Waals surface area (Å²) in [6.45, 7) is 0.299. The Hall–Kier alpha value is -2.88. The Morgan fingerprint density at radius 3 is 2.55 bits per heavy atom. The van der Waals surface area contributed by atoms with E-state index in [-0.39, 0.29) is 0 Å². The summed E-state index contributed by atoms with van der Waals surface area (Å²) in [5.41, 5.74) is 0.796. The molecular weight excluding hydrogens is 578 g/mol. The molecule has 0 aliphatic heterocycles. The summed E-state index contributed by atoms with van der Waals surface area (Å²) in [7, 11) is 1.52. The first-order chi connectivity index (χ1) is 15.9. The molecule has 0 amide bonds. The van der Waals surface area contributed by atoms with Crippen molar-refractivity contribution in [3.05, 3.63) is 101 Å². The average Bonchev–Trinajstić information content (AvgIpc) is 2.81. The third-order valence-electron chi connectivity index (χ3n) is 4.77. The number of rotatable bonds is 6. The average molecular weight is 594 g/mol. The lowest BCUT2D eigenvalue weighted by molar-refractivity contribution is 0.282. The van der Waals surface area contributed by atoms with Crippen molar-refractivity contribution in [3.8, 4) is 11.5 Å². The van der Waals surface area contributed by atoms with Gasteiger partial charge >= 0.3 is 5.69 Å². The van der Waals surface area contributed by atoms with Crippen LogP contribution in [-0.2, 0) is 6.61 Å². The molecular formula is C23H16Br2ClN3O4. The number of halogens is 3. The Bertz CT molecular complexity index is 1480. The second-order valence-corrected chi connectivity index (χ2v) is 8.90. The van der Waals surface area contributed by atoms with Crippen LogP contribution in [0.2, 0.25) is 5.02 Å². The molecule has 0 aliphatic carbocycles. The Balaban J connectivity index is 1.68. The van der Waals surface area contributed by atoms with Crippen LogP contribution in [0.15, 0.2) is 78.2 Å². The van der Waals surface area contributed by atoms with Crippen LogP contribution >= 0.6 is 43.5 Å². The topological polar surface area (TPSA) is 85.7 Å². The summed E-state index contributed by atoms with van der Waals surface area (Å²) in [5.74, 6) is 0.928. The van der Waals surface area contributed by atoms with Gasteiger partial charge in [-0.25, -0.2) is 4.79 Å². The number of methoxy groups -OCH3 is 1. The van der Waals surface area contributed by atoms with Gasteiger partial charge in [0, 0.05) is 15.1 Å². The van der Waals surface area contributed by atoms with Gasteiger partial charge in [0.05, 0.1) is 28.7 Å². The number of hydrogen-bond donors (Lipinski definition) is 1. The van der Waals surface area contributed by atoms with E-state index in [1.165, 1.54) is 13.3 Å². The number of ether oxygens (including phenoxy) is 2. The quantitative estimate of drug-likeness (QED) is 0.306. The molecule has 1 heterocycles. The van der Waals surface area contributed by atoms with E-state index >= 15 is 0 Å². The molecule has 0 aliphatic rings. The molecule has 7 nitrogen and oxygen atoms in total. The predicted octanol–water partition coefficient (Wildman–Crippen LogP) is 5.34. The van der Waals surface area contributed by atoms with E-state index in [0.29, 0.717) is 48.5 Å².